The van der Waals surface area contributed by atoms with E-state index in [4.69, 9.17) is 17.0 Å². The van der Waals surface area contributed by atoms with Crippen LogP contribution in [0.1, 0.15) is 5.56 Å². The van der Waals surface area contributed by atoms with Crippen molar-refractivity contribution in [1.82, 2.24) is 9.80 Å². The normalized spacial score (nSPS) is 14.9. The van der Waals surface area contributed by atoms with Gasteiger partial charge in [0.15, 0.2) is 0 Å². The van der Waals surface area contributed by atoms with Crippen molar-refractivity contribution in [1.29, 1.82) is 0 Å². The molecule has 0 unspecified atom stereocenters. The van der Waals surface area contributed by atoms with E-state index in [1.807, 2.05) is 11.0 Å². The topological polar surface area (TPSA) is 79.3 Å². The summed E-state index contributed by atoms with van der Waals surface area (Å²) in [5.41, 5.74) is 0.756. The van der Waals surface area contributed by atoms with Gasteiger partial charge in [-0.3, -0.25) is 0 Å². The first-order chi connectivity index (χ1) is 12.0. The molecule has 0 aromatic heterocycles. The molecule has 1 heterocycles. The lowest BCUT2D eigenvalue weighted by Crippen LogP contribution is -2.49. The molecule has 8 heteroatoms. The zero-order chi connectivity index (χ0) is 18.4. The lowest BCUT2D eigenvalue weighted by atomic mass is 10.1. The standard InChI is InChI=1S/C17H20N2O5S/c1-23-15(21)11-13(17(22)24-2)18-7-9-19(10-8-18)16(25)12-5-3-4-6-14(12)20/h3-6,11,20H,7-10H2,1-2H3. The fourth-order valence-corrected chi connectivity index (χ4v) is 2.88. The fourth-order valence-electron chi connectivity index (χ4n) is 2.53. The molecule has 1 fully saturated rings. The van der Waals surface area contributed by atoms with E-state index in [0.717, 1.165) is 6.08 Å². The number of benzene rings is 1. The third-order valence-electron chi connectivity index (χ3n) is 3.89. The van der Waals surface area contributed by atoms with Crippen LogP contribution in [0.4, 0.5) is 0 Å². The quantitative estimate of drug-likeness (QED) is 0.480. The first-order valence-corrected chi connectivity index (χ1v) is 8.09. The molecule has 1 saturated heterocycles. The minimum Gasteiger partial charge on any atom is -0.507 e. The van der Waals surface area contributed by atoms with Gasteiger partial charge in [0.25, 0.3) is 0 Å². The molecule has 7 nitrogen and oxygen atoms in total. The summed E-state index contributed by atoms with van der Waals surface area (Å²) in [4.78, 5) is 27.7. The van der Waals surface area contributed by atoms with Gasteiger partial charge >= 0.3 is 11.9 Å². The Balaban J connectivity index is 2.08. The zero-order valence-corrected chi connectivity index (χ0v) is 14.9. The number of phenols is 1. The summed E-state index contributed by atoms with van der Waals surface area (Å²) in [7, 11) is 2.51. The van der Waals surface area contributed by atoms with Crippen LogP contribution in [-0.2, 0) is 19.1 Å². The highest BCUT2D eigenvalue weighted by atomic mass is 32.1. The van der Waals surface area contributed by atoms with Crippen molar-refractivity contribution < 1.29 is 24.2 Å². The van der Waals surface area contributed by atoms with Crippen molar-refractivity contribution in [3.8, 4) is 5.75 Å². The zero-order valence-electron chi connectivity index (χ0n) is 14.1. The molecule has 0 amide bonds. The summed E-state index contributed by atoms with van der Waals surface area (Å²) in [5, 5.41) is 9.94. The van der Waals surface area contributed by atoms with E-state index in [2.05, 4.69) is 4.74 Å². The molecule has 25 heavy (non-hydrogen) atoms. The largest absolute Gasteiger partial charge is 0.507 e. The van der Waals surface area contributed by atoms with E-state index < -0.39 is 11.9 Å². The van der Waals surface area contributed by atoms with Crippen LogP contribution in [0.2, 0.25) is 0 Å². The Hall–Kier alpha value is -2.61. The number of esters is 2. The van der Waals surface area contributed by atoms with Gasteiger partial charge in [0, 0.05) is 26.2 Å². The van der Waals surface area contributed by atoms with E-state index in [1.165, 1.54) is 14.2 Å². The number of piperazine rings is 1. The van der Waals surface area contributed by atoms with Crippen LogP contribution in [0.15, 0.2) is 36.0 Å². The number of carbonyl (C=O) groups is 2. The highest BCUT2D eigenvalue weighted by Crippen LogP contribution is 2.20. The van der Waals surface area contributed by atoms with Crippen molar-refractivity contribution in [2.75, 3.05) is 40.4 Å². The Morgan fingerprint density at radius 3 is 2.24 bits per heavy atom. The number of carbonyl (C=O) groups excluding carboxylic acids is 2. The highest BCUT2D eigenvalue weighted by molar-refractivity contribution is 7.80. The molecule has 0 saturated carbocycles. The van der Waals surface area contributed by atoms with E-state index in [9.17, 15) is 14.7 Å². The second kappa shape index (κ2) is 8.48. The average Bonchev–Trinajstić information content (AvgIpc) is 2.65. The number of hydrogen-bond acceptors (Lipinski definition) is 7. The molecule has 1 aromatic carbocycles. The van der Waals surface area contributed by atoms with Gasteiger partial charge in [-0.05, 0) is 12.1 Å². The van der Waals surface area contributed by atoms with Crippen molar-refractivity contribution in [3.63, 3.8) is 0 Å². The average molecular weight is 364 g/mol. The van der Waals surface area contributed by atoms with Gasteiger partial charge < -0.3 is 24.4 Å². The van der Waals surface area contributed by atoms with Gasteiger partial charge in [-0.25, -0.2) is 9.59 Å². The monoisotopic (exact) mass is 364 g/mol. The Bertz CT molecular complexity index is 696. The number of rotatable bonds is 4. The van der Waals surface area contributed by atoms with Gasteiger partial charge in [-0.2, -0.15) is 0 Å². The smallest absolute Gasteiger partial charge is 0.354 e. The predicted molar refractivity (Wildman–Crippen MR) is 95.1 cm³/mol. The minimum atomic E-state index is -0.618. The summed E-state index contributed by atoms with van der Waals surface area (Å²) < 4.78 is 9.33. The van der Waals surface area contributed by atoms with Crippen LogP contribution in [0.5, 0.6) is 5.75 Å². The summed E-state index contributed by atoms with van der Waals surface area (Å²) >= 11 is 5.46. The van der Waals surface area contributed by atoms with Crippen molar-refractivity contribution >= 4 is 29.1 Å². The van der Waals surface area contributed by atoms with Gasteiger partial charge in [-0.1, -0.05) is 24.4 Å². The highest BCUT2D eigenvalue weighted by Gasteiger charge is 2.26. The maximum atomic E-state index is 11.9. The molecule has 2 rings (SSSR count). The van der Waals surface area contributed by atoms with Crippen LogP contribution < -0.4 is 0 Å². The molecule has 0 atom stereocenters. The summed E-state index contributed by atoms with van der Waals surface area (Å²) in [6.45, 7) is 2.04. The lowest BCUT2D eigenvalue weighted by molar-refractivity contribution is -0.140. The van der Waals surface area contributed by atoms with Crippen LogP contribution >= 0.6 is 12.2 Å². The Labute approximate surface area is 151 Å². The second-order valence-electron chi connectivity index (χ2n) is 5.34. The van der Waals surface area contributed by atoms with Gasteiger partial charge in [0.05, 0.1) is 25.9 Å². The number of para-hydroxylation sites is 1. The number of methoxy groups -OCH3 is 2. The third-order valence-corrected chi connectivity index (χ3v) is 4.37. The third kappa shape index (κ3) is 4.48. The number of hydrogen-bond donors (Lipinski definition) is 1. The number of nitrogens with zero attached hydrogens (tertiary/aromatic N) is 2. The predicted octanol–water partition coefficient (Wildman–Crippen LogP) is 0.915. The van der Waals surface area contributed by atoms with Crippen LogP contribution in [-0.4, -0.2) is 72.2 Å². The Morgan fingerprint density at radius 1 is 1.08 bits per heavy atom. The molecular weight excluding hydrogens is 344 g/mol. The summed E-state index contributed by atoms with van der Waals surface area (Å²) in [5.74, 6) is -1.08. The maximum Gasteiger partial charge on any atom is 0.354 e. The van der Waals surface area contributed by atoms with Crippen LogP contribution in [0, 0.1) is 0 Å². The fraction of sp³-hybridized carbons (Fsp3) is 0.353. The molecule has 0 spiro atoms. The summed E-state index contributed by atoms with van der Waals surface area (Å²) in [6, 6.07) is 6.90. The molecule has 0 bridgehead atoms. The van der Waals surface area contributed by atoms with E-state index in [1.54, 1.807) is 23.1 Å². The molecule has 1 aliphatic rings. The molecular formula is C17H20N2O5S. The molecule has 1 aliphatic heterocycles. The van der Waals surface area contributed by atoms with E-state index in [0.29, 0.717) is 36.7 Å². The molecule has 0 radical (unpaired) electrons. The van der Waals surface area contributed by atoms with E-state index >= 15 is 0 Å². The number of aromatic hydroxyl groups is 1. The molecule has 1 aromatic rings. The first-order valence-electron chi connectivity index (χ1n) is 7.68. The molecule has 0 aliphatic carbocycles. The van der Waals surface area contributed by atoms with Gasteiger partial charge in [0.1, 0.15) is 16.4 Å². The maximum absolute atomic E-state index is 11.9. The van der Waals surface area contributed by atoms with Gasteiger partial charge in [0.2, 0.25) is 0 Å². The number of ether oxygens (including phenoxy) is 2. The SMILES string of the molecule is COC(=O)C=C(C(=O)OC)N1CCN(C(=S)c2ccccc2O)CC1. The van der Waals surface area contributed by atoms with Crippen molar-refractivity contribution in [2.24, 2.45) is 0 Å². The van der Waals surface area contributed by atoms with Crippen molar-refractivity contribution in [2.45, 2.75) is 0 Å². The number of thiocarbonyl (C=S) groups is 1. The van der Waals surface area contributed by atoms with E-state index in [-0.39, 0.29) is 11.4 Å². The Kier molecular flexibility index (Phi) is 6.35. The van der Waals surface area contributed by atoms with Gasteiger partial charge in [-0.15, -0.1) is 0 Å². The first kappa shape index (κ1) is 18.7. The second-order valence-corrected chi connectivity index (χ2v) is 5.73. The summed E-state index contributed by atoms with van der Waals surface area (Å²) in [6.07, 6.45) is 1.13. The van der Waals surface area contributed by atoms with Crippen molar-refractivity contribution in [3.05, 3.63) is 41.6 Å². The van der Waals surface area contributed by atoms with Crippen LogP contribution in [0.25, 0.3) is 0 Å². The molecule has 134 valence electrons. The Morgan fingerprint density at radius 2 is 1.68 bits per heavy atom. The molecule has 1 N–H and O–H groups in total. The number of phenolic OH excluding ortho intramolecular Hbond substituents is 1. The van der Waals surface area contributed by atoms with Crippen LogP contribution in [0.3, 0.4) is 0 Å². The lowest BCUT2D eigenvalue weighted by Gasteiger charge is -2.37. The minimum absolute atomic E-state index is 0.135.